The first-order valence-electron chi connectivity index (χ1n) is 5.20. The Kier molecular flexibility index (Phi) is 2.49. The van der Waals surface area contributed by atoms with Gasteiger partial charge in [0.1, 0.15) is 5.54 Å². The Labute approximate surface area is 83.8 Å². The molecule has 80 valence electrons. The van der Waals surface area contributed by atoms with Crippen molar-refractivity contribution in [1.82, 2.24) is 4.90 Å². The fourth-order valence-electron chi connectivity index (χ4n) is 2.96. The molecule has 0 spiro atoms. The van der Waals surface area contributed by atoms with Crippen LogP contribution < -0.4 is 0 Å². The number of hydrogen-bond donors (Lipinski definition) is 1. The minimum absolute atomic E-state index is 0.318. The maximum atomic E-state index is 11.3. The molecule has 14 heavy (non-hydrogen) atoms. The van der Waals surface area contributed by atoms with E-state index in [9.17, 15) is 9.90 Å². The van der Waals surface area contributed by atoms with E-state index in [4.69, 9.17) is 4.74 Å². The van der Waals surface area contributed by atoms with Crippen LogP contribution in [0.4, 0.5) is 0 Å². The highest BCUT2D eigenvalue weighted by molar-refractivity contribution is 5.79. The molecule has 2 aliphatic heterocycles. The monoisotopic (exact) mass is 199 g/mol. The van der Waals surface area contributed by atoms with E-state index >= 15 is 0 Å². The van der Waals surface area contributed by atoms with Crippen molar-refractivity contribution in [2.45, 2.75) is 37.3 Å². The highest BCUT2D eigenvalue weighted by Gasteiger charge is 2.54. The summed E-state index contributed by atoms with van der Waals surface area (Å²) in [6.45, 7) is 1.58. The minimum atomic E-state index is -0.645. The van der Waals surface area contributed by atoms with E-state index in [1.54, 1.807) is 7.11 Å². The summed E-state index contributed by atoms with van der Waals surface area (Å²) in [7, 11) is 1.68. The summed E-state index contributed by atoms with van der Waals surface area (Å²) in [4.78, 5) is 13.4. The quantitative estimate of drug-likeness (QED) is 0.727. The van der Waals surface area contributed by atoms with Crippen molar-refractivity contribution in [3.8, 4) is 0 Å². The lowest BCUT2D eigenvalue weighted by Crippen LogP contribution is -2.49. The summed E-state index contributed by atoms with van der Waals surface area (Å²) in [6.07, 6.45) is 3.56. The zero-order valence-electron chi connectivity index (χ0n) is 8.53. The molecule has 2 saturated heterocycles. The second-order valence-electron chi connectivity index (χ2n) is 4.28. The average Bonchev–Trinajstić information content (AvgIpc) is 2.67. The Hall–Kier alpha value is -0.610. The molecule has 0 aromatic heterocycles. The van der Waals surface area contributed by atoms with E-state index in [1.165, 1.54) is 0 Å². The molecular formula is C10H17NO3. The zero-order chi connectivity index (χ0) is 10.2. The van der Waals surface area contributed by atoms with Crippen LogP contribution in [-0.4, -0.2) is 47.8 Å². The van der Waals surface area contributed by atoms with Crippen molar-refractivity contribution >= 4 is 5.97 Å². The van der Waals surface area contributed by atoms with Crippen LogP contribution in [0.25, 0.3) is 0 Å². The summed E-state index contributed by atoms with van der Waals surface area (Å²) < 4.78 is 5.12. The number of hydrogen-bond acceptors (Lipinski definition) is 3. The summed E-state index contributed by atoms with van der Waals surface area (Å²) in [5, 5.41) is 9.28. The van der Waals surface area contributed by atoms with Gasteiger partial charge >= 0.3 is 5.97 Å². The molecule has 2 unspecified atom stereocenters. The molecule has 0 radical (unpaired) electrons. The molecule has 0 aromatic rings. The van der Waals surface area contributed by atoms with Gasteiger partial charge in [-0.2, -0.15) is 0 Å². The topological polar surface area (TPSA) is 49.8 Å². The van der Waals surface area contributed by atoms with Gasteiger partial charge in [0.05, 0.1) is 6.61 Å². The fourth-order valence-corrected chi connectivity index (χ4v) is 2.96. The number of carbonyl (C=O) groups is 1. The first-order valence-corrected chi connectivity index (χ1v) is 5.20. The van der Waals surface area contributed by atoms with Gasteiger partial charge in [0.25, 0.3) is 0 Å². The molecule has 2 aliphatic rings. The number of carboxylic acids is 1. The SMILES string of the molecule is COCC1CCC2(C(=O)O)CCCN12. The van der Waals surface area contributed by atoms with Crippen LogP contribution in [0.1, 0.15) is 25.7 Å². The standard InChI is InChI=1S/C10H17NO3/c1-14-7-8-3-5-10(9(12)13)4-2-6-11(8)10/h8H,2-7H2,1H3,(H,12,13). The van der Waals surface area contributed by atoms with Gasteiger partial charge in [-0.05, 0) is 32.2 Å². The summed E-state index contributed by atoms with van der Waals surface area (Å²) >= 11 is 0. The van der Waals surface area contributed by atoms with Gasteiger partial charge in [0.15, 0.2) is 0 Å². The maximum Gasteiger partial charge on any atom is 0.324 e. The lowest BCUT2D eigenvalue weighted by molar-refractivity contribution is -0.148. The number of rotatable bonds is 3. The predicted molar refractivity (Wildman–Crippen MR) is 51.2 cm³/mol. The summed E-state index contributed by atoms with van der Waals surface area (Å²) in [6, 6.07) is 0.318. The van der Waals surface area contributed by atoms with Crippen LogP contribution >= 0.6 is 0 Å². The van der Waals surface area contributed by atoms with Crippen molar-refractivity contribution in [2.75, 3.05) is 20.3 Å². The normalized spacial score (nSPS) is 37.4. The number of carboxylic acid groups (broad SMARTS) is 1. The number of methoxy groups -OCH3 is 1. The molecule has 0 saturated carbocycles. The molecular weight excluding hydrogens is 182 g/mol. The van der Waals surface area contributed by atoms with Gasteiger partial charge in [-0.15, -0.1) is 0 Å². The Morgan fingerprint density at radius 2 is 2.43 bits per heavy atom. The van der Waals surface area contributed by atoms with E-state index in [1.807, 2.05) is 0 Å². The Bertz CT molecular complexity index is 244. The first kappa shape index (κ1) is 9.93. The lowest BCUT2D eigenvalue weighted by atomic mass is 9.94. The molecule has 2 fully saturated rings. The molecule has 2 heterocycles. The molecule has 0 aliphatic carbocycles. The molecule has 1 N–H and O–H groups in total. The van der Waals surface area contributed by atoms with Crippen LogP contribution in [-0.2, 0) is 9.53 Å². The van der Waals surface area contributed by atoms with Gasteiger partial charge in [0, 0.05) is 13.2 Å². The third kappa shape index (κ3) is 1.25. The maximum absolute atomic E-state index is 11.3. The second kappa shape index (κ2) is 3.51. The van der Waals surface area contributed by atoms with Crippen molar-refractivity contribution < 1.29 is 14.6 Å². The Balaban J connectivity index is 2.15. The fraction of sp³-hybridized carbons (Fsp3) is 0.900. The molecule has 4 heteroatoms. The van der Waals surface area contributed by atoms with Crippen molar-refractivity contribution in [3.63, 3.8) is 0 Å². The largest absolute Gasteiger partial charge is 0.480 e. The predicted octanol–water partition coefficient (Wildman–Crippen LogP) is 0.714. The van der Waals surface area contributed by atoms with Crippen LogP contribution in [0, 0.1) is 0 Å². The summed E-state index contributed by atoms with van der Waals surface area (Å²) in [5.41, 5.74) is -0.552. The third-order valence-corrected chi connectivity index (χ3v) is 3.63. The molecule has 0 bridgehead atoms. The van der Waals surface area contributed by atoms with E-state index in [-0.39, 0.29) is 0 Å². The van der Waals surface area contributed by atoms with Crippen LogP contribution in [0.5, 0.6) is 0 Å². The summed E-state index contributed by atoms with van der Waals surface area (Å²) in [5.74, 6) is -0.645. The molecule has 2 rings (SSSR count). The number of aliphatic carboxylic acids is 1. The second-order valence-corrected chi connectivity index (χ2v) is 4.28. The van der Waals surface area contributed by atoms with E-state index in [2.05, 4.69) is 4.90 Å². The van der Waals surface area contributed by atoms with E-state index in [0.717, 1.165) is 32.2 Å². The smallest absolute Gasteiger partial charge is 0.324 e. The van der Waals surface area contributed by atoms with Crippen LogP contribution in [0.2, 0.25) is 0 Å². The number of ether oxygens (including phenoxy) is 1. The van der Waals surface area contributed by atoms with Gasteiger partial charge in [-0.25, -0.2) is 0 Å². The average molecular weight is 199 g/mol. The highest BCUT2D eigenvalue weighted by Crippen LogP contribution is 2.42. The van der Waals surface area contributed by atoms with Gasteiger partial charge in [-0.1, -0.05) is 0 Å². The molecule has 0 aromatic carbocycles. The van der Waals surface area contributed by atoms with Gasteiger partial charge < -0.3 is 9.84 Å². The Morgan fingerprint density at radius 3 is 3.07 bits per heavy atom. The first-order chi connectivity index (χ1) is 6.70. The van der Waals surface area contributed by atoms with Crippen molar-refractivity contribution in [1.29, 1.82) is 0 Å². The Morgan fingerprint density at radius 1 is 1.64 bits per heavy atom. The zero-order valence-corrected chi connectivity index (χ0v) is 8.53. The number of fused-ring (bicyclic) bond motifs is 1. The van der Waals surface area contributed by atoms with Crippen molar-refractivity contribution in [2.24, 2.45) is 0 Å². The lowest BCUT2D eigenvalue weighted by Gasteiger charge is -2.30. The van der Waals surface area contributed by atoms with Gasteiger partial charge in [-0.3, -0.25) is 9.69 Å². The van der Waals surface area contributed by atoms with E-state index < -0.39 is 11.5 Å². The van der Waals surface area contributed by atoms with Gasteiger partial charge in [0.2, 0.25) is 0 Å². The van der Waals surface area contributed by atoms with E-state index in [0.29, 0.717) is 12.6 Å². The van der Waals surface area contributed by atoms with Crippen LogP contribution in [0.15, 0.2) is 0 Å². The molecule has 4 nitrogen and oxygen atoms in total. The third-order valence-electron chi connectivity index (χ3n) is 3.63. The minimum Gasteiger partial charge on any atom is -0.480 e. The number of nitrogens with zero attached hydrogens (tertiary/aromatic N) is 1. The highest BCUT2D eigenvalue weighted by atomic mass is 16.5. The molecule has 2 atom stereocenters. The van der Waals surface area contributed by atoms with Crippen molar-refractivity contribution in [3.05, 3.63) is 0 Å². The molecule has 0 amide bonds. The van der Waals surface area contributed by atoms with Crippen LogP contribution in [0.3, 0.4) is 0 Å².